The Morgan fingerprint density at radius 2 is 1.19 bits per heavy atom. The third-order valence-electron chi connectivity index (χ3n) is 10.8. The largest absolute Gasteiger partial charge is 0.320 e. The highest BCUT2D eigenvalue weighted by atomic mass is 19.1. The van der Waals surface area contributed by atoms with Crippen LogP contribution in [0.4, 0.5) is 14.5 Å². The second-order valence-electron chi connectivity index (χ2n) is 14.4. The van der Waals surface area contributed by atoms with Crippen molar-refractivity contribution in [3.63, 3.8) is 0 Å². The number of anilines is 1. The van der Waals surface area contributed by atoms with Gasteiger partial charge < -0.3 is 9.47 Å². The van der Waals surface area contributed by atoms with Crippen LogP contribution in [0.15, 0.2) is 175 Å². The standard InChI is InChI=1S/C50H44F2N2.2C2H6/c1-4-43(52)28-42-33-53(49-22-14-12-21-48(42)49)45-29-40(39-26-37(35-16-8-6-9-17-35)25-38(27-39)36-18-10-7-11-19-36)30-46(32-45)54-44(5-2)31-41(24-34(3)51)47-20-13-15-23-50(47)54;2*1-2/h4-11,16-19,24-30,32-33H,1-2,12-15,20-23H2,3H3;2*1-2H3/b34-24+,43-28+;;. The lowest BCUT2D eigenvalue weighted by Crippen LogP contribution is -2.26. The predicted octanol–water partition coefficient (Wildman–Crippen LogP) is 16.0. The molecule has 0 amide bonds. The fourth-order valence-electron chi connectivity index (χ4n) is 8.34. The van der Waals surface area contributed by atoms with E-state index in [0.717, 1.165) is 119 Å². The first-order valence-electron chi connectivity index (χ1n) is 21.0. The van der Waals surface area contributed by atoms with Gasteiger partial charge in [0, 0.05) is 34.5 Å². The Bertz CT molecular complexity index is 2370. The summed E-state index contributed by atoms with van der Waals surface area (Å²) in [4.78, 5) is 2.28. The molecule has 5 aromatic rings. The van der Waals surface area contributed by atoms with Gasteiger partial charge in [-0.3, -0.25) is 0 Å². The quantitative estimate of drug-likeness (QED) is 0.107. The molecule has 1 aliphatic heterocycles. The zero-order valence-corrected chi connectivity index (χ0v) is 34.8. The maximum absolute atomic E-state index is 14.8. The van der Waals surface area contributed by atoms with Crippen molar-refractivity contribution in [2.45, 2.75) is 86.0 Å². The lowest BCUT2D eigenvalue weighted by atomic mass is 9.87. The minimum absolute atomic E-state index is 0.237. The van der Waals surface area contributed by atoms with Gasteiger partial charge in [-0.1, -0.05) is 107 Å². The molecular weight excluding hydrogens is 715 g/mol. The fraction of sp³-hybridized carbons (Fsp3) is 0.241. The monoisotopic (exact) mass is 770 g/mol. The molecule has 1 aromatic heterocycles. The zero-order chi connectivity index (χ0) is 41.2. The average Bonchev–Trinajstić information content (AvgIpc) is 3.65. The van der Waals surface area contributed by atoms with Crippen LogP contribution < -0.4 is 4.90 Å². The number of aromatic nitrogens is 1. The van der Waals surface area contributed by atoms with Gasteiger partial charge >= 0.3 is 0 Å². The molecule has 0 radical (unpaired) electrons. The number of hydrogen-bond acceptors (Lipinski definition) is 1. The second kappa shape index (κ2) is 19.5. The first-order valence-corrected chi connectivity index (χ1v) is 21.0. The van der Waals surface area contributed by atoms with Gasteiger partial charge in [0.05, 0.1) is 11.5 Å². The van der Waals surface area contributed by atoms with Gasteiger partial charge in [0.25, 0.3) is 0 Å². The molecule has 0 fully saturated rings. The molecule has 0 unspecified atom stereocenters. The SMILES string of the molecule is C=CC1=C=C(/C=C(\C)F)C2=C(CCCC2)N1c1cc(-c2cc(-c3ccccc3)cc(-c3ccccc3)c2)cc(-n2cc(/C=C(/F)C=C)c3c2CCCC3)c1.CC.CC. The lowest BCUT2D eigenvalue weighted by Gasteiger charge is -2.35. The second-order valence-corrected chi connectivity index (χ2v) is 14.4. The van der Waals surface area contributed by atoms with Crippen molar-refractivity contribution in [1.29, 1.82) is 0 Å². The fourth-order valence-corrected chi connectivity index (χ4v) is 8.34. The molecule has 8 rings (SSSR count). The minimum Gasteiger partial charge on any atom is -0.320 e. The minimum atomic E-state index is -0.341. The molecule has 3 aliphatic rings. The van der Waals surface area contributed by atoms with E-state index < -0.39 is 0 Å². The predicted molar refractivity (Wildman–Crippen MR) is 244 cm³/mol. The highest BCUT2D eigenvalue weighted by Gasteiger charge is 2.28. The van der Waals surface area contributed by atoms with Gasteiger partial charge in [0.2, 0.25) is 0 Å². The Morgan fingerprint density at radius 3 is 1.79 bits per heavy atom. The normalized spacial score (nSPS) is 15.1. The maximum Gasteiger partial charge on any atom is 0.123 e. The molecule has 0 atom stereocenters. The smallest absolute Gasteiger partial charge is 0.123 e. The first kappa shape index (κ1) is 41.7. The van der Waals surface area contributed by atoms with Crippen molar-refractivity contribution in [2.75, 3.05) is 4.90 Å². The third-order valence-corrected chi connectivity index (χ3v) is 10.8. The molecule has 0 bridgehead atoms. The van der Waals surface area contributed by atoms with E-state index >= 15 is 0 Å². The molecule has 2 nitrogen and oxygen atoms in total. The number of allylic oxidation sites excluding steroid dienone is 7. The van der Waals surface area contributed by atoms with Crippen LogP contribution in [-0.2, 0) is 12.8 Å². The van der Waals surface area contributed by atoms with E-state index in [1.165, 1.54) is 30.0 Å². The molecule has 0 spiro atoms. The highest BCUT2D eigenvalue weighted by molar-refractivity contribution is 5.84. The average molecular weight is 771 g/mol. The van der Waals surface area contributed by atoms with E-state index in [-0.39, 0.29) is 11.7 Å². The summed E-state index contributed by atoms with van der Waals surface area (Å²) in [5.74, 6) is -0.578. The molecule has 2 aliphatic carbocycles. The van der Waals surface area contributed by atoms with E-state index in [4.69, 9.17) is 0 Å². The van der Waals surface area contributed by atoms with Crippen molar-refractivity contribution >= 4 is 11.8 Å². The van der Waals surface area contributed by atoms with Crippen LogP contribution in [0.2, 0.25) is 0 Å². The summed E-state index contributed by atoms with van der Waals surface area (Å²) in [6.45, 7) is 17.4. The van der Waals surface area contributed by atoms with Crippen LogP contribution in [0.5, 0.6) is 0 Å². The van der Waals surface area contributed by atoms with Crippen LogP contribution in [0.3, 0.4) is 0 Å². The summed E-state index contributed by atoms with van der Waals surface area (Å²) in [5, 5.41) is 0. The van der Waals surface area contributed by atoms with Crippen molar-refractivity contribution in [2.24, 2.45) is 0 Å². The molecule has 4 aromatic carbocycles. The van der Waals surface area contributed by atoms with Crippen LogP contribution in [0.1, 0.15) is 90.0 Å². The Hall–Kier alpha value is -5.96. The number of rotatable bonds is 9. The Morgan fingerprint density at radius 1 is 0.638 bits per heavy atom. The number of benzene rings is 4. The Kier molecular flexibility index (Phi) is 14.0. The molecule has 296 valence electrons. The summed E-state index contributed by atoms with van der Waals surface area (Å²) in [7, 11) is 0. The van der Waals surface area contributed by atoms with E-state index in [2.05, 4.69) is 119 Å². The molecule has 2 heterocycles. The summed E-state index contributed by atoms with van der Waals surface area (Å²) in [6.07, 6.45) is 16.2. The van der Waals surface area contributed by atoms with Crippen LogP contribution >= 0.6 is 0 Å². The van der Waals surface area contributed by atoms with Crippen molar-refractivity contribution in [1.82, 2.24) is 4.57 Å². The Labute approximate surface area is 345 Å². The molecular formula is C54H56F2N2. The first-order chi connectivity index (χ1) is 28.4. The summed E-state index contributed by atoms with van der Waals surface area (Å²) >= 11 is 0. The van der Waals surface area contributed by atoms with E-state index in [0.29, 0.717) is 0 Å². The summed E-state index contributed by atoms with van der Waals surface area (Å²) in [5.41, 5.74) is 19.4. The zero-order valence-electron chi connectivity index (χ0n) is 34.8. The van der Waals surface area contributed by atoms with Crippen molar-refractivity contribution < 1.29 is 8.78 Å². The number of nitrogens with zero attached hydrogens (tertiary/aromatic N) is 2. The van der Waals surface area contributed by atoms with Crippen molar-refractivity contribution in [3.8, 4) is 39.1 Å². The van der Waals surface area contributed by atoms with Gasteiger partial charge in [0.1, 0.15) is 5.83 Å². The van der Waals surface area contributed by atoms with Gasteiger partial charge in [-0.2, -0.15) is 0 Å². The lowest BCUT2D eigenvalue weighted by molar-refractivity contribution is 0.635. The molecule has 0 saturated carbocycles. The topological polar surface area (TPSA) is 8.17 Å². The number of halogens is 2. The van der Waals surface area contributed by atoms with Crippen LogP contribution in [0, 0.1) is 0 Å². The summed E-state index contributed by atoms with van der Waals surface area (Å²) in [6, 6.07) is 34.6. The molecule has 4 heteroatoms. The number of hydrogen-bond donors (Lipinski definition) is 0. The molecule has 58 heavy (non-hydrogen) atoms. The van der Waals surface area contributed by atoms with Gasteiger partial charge in [-0.15, -0.1) is 0 Å². The Balaban J connectivity index is 0.00000138. The van der Waals surface area contributed by atoms with Crippen LogP contribution in [0.25, 0.3) is 45.1 Å². The van der Waals surface area contributed by atoms with E-state index in [9.17, 15) is 8.78 Å². The van der Waals surface area contributed by atoms with Crippen LogP contribution in [-0.4, -0.2) is 4.57 Å². The molecule has 0 N–H and O–H groups in total. The third kappa shape index (κ3) is 8.94. The molecule has 0 saturated heterocycles. The number of fused-ring (bicyclic) bond motifs is 1. The van der Waals surface area contributed by atoms with Gasteiger partial charge in [-0.25, -0.2) is 8.78 Å². The highest BCUT2D eigenvalue weighted by Crippen LogP contribution is 2.43. The van der Waals surface area contributed by atoms with Gasteiger partial charge in [-0.05, 0) is 169 Å². The van der Waals surface area contributed by atoms with E-state index in [1.807, 2.05) is 45.9 Å². The maximum atomic E-state index is 14.8. The van der Waals surface area contributed by atoms with E-state index in [1.54, 1.807) is 12.2 Å². The van der Waals surface area contributed by atoms with Gasteiger partial charge in [0.15, 0.2) is 0 Å². The van der Waals surface area contributed by atoms with Crippen molar-refractivity contribution in [3.05, 3.63) is 191 Å². The summed E-state index contributed by atoms with van der Waals surface area (Å²) < 4.78 is 31.5.